The van der Waals surface area contributed by atoms with Crippen molar-refractivity contribution in [2.75, 3.05) is 7.11 Å². The number of hydrogen-bond acceptors (Lipinski definition) is 3. The summed E-state index contributed by atoms with van der Waals surface area (Å²) in [6, 6.07) is 7.40. The molecule has 0 fully saturated rings. The van der Waals surface area contributed by atoms with Crippen LogP contribution in [-0.2, 0) is 11.2 Å². The van der Waals surface area contributed by atoms with E-state index in [1.165, 1.54) is 7.11 Å². The van der Waals surface area contributed by atoms with E-state index in [2.05, 4.69) is 0 Å². The third-order valence-electron chi connectivity index (χ3n) is 1.76. The fourth-order valence-corrected chi connectivity index (χ4v) is 1.09. The normalized spacial score (nSPS) is 9.92. The van der Waals surface area contributed by atoms with Crippen LogP contribution in [0.25, 0.3) is 0 Å². The van der Waals surface area contributed by atoms with Crippen LogP contribution in [-0.4, -0.2) is 19.3 Å². The first-order valence-electron chi connectivity index (χ1n) is 3.78. The first kappa shape index (κ1) is 9.25. The van der Waals surface area contributed by atoms with Gasteiger partial charge in [0.25, 0.3) is 0 Å². The molecule has 64 valence electrons. The second kappa shape index (κ2) is 4.26. The molecule has 3 N–H and O–H groups in total. The van der Waals surface area contributed by atoms with Crippen molar-refractivity contribution < 1.29 is 9.68 Å². The molecular formula is C8H12BNO2. The van der Waals surface area contributed by atoms with E-state index in [0.717, 1.165) is 11.0 Å². The van der Waals surface area contributed by atoms with Crippen LogP contribution in [0, 0.1) is 0 Å². The minimum absolute atomic E-state index is 0.413. The van der Waals surface area contributed by atoms with Crippen LogP contribution < -0.4 is 11.2 Å². The van der Waals surface area contributed by atoms with Crippen molar-refractivity contribution >= 4 is 12.6 Å². The molecule has 0 saturated heterocycles. The lowest BCUT2D eigenvalue weighted by Crippen LogP contribution is -2.35. The molecule has 0 bridgehead atoms. The summed E-state index contributed by atoms with van der Waals surface area (Å²) in [6.45, 7) is 0.413. The highest BCUT2D eigenvalue weighted by molar-refractivity contribution is 6.60. The Balaban J connectivity index is 2.96. The quantitative estimate of drug-likeness (QED) is 0.592. The summed E-state index contributed by atoms with van der Waals surface area (Å²) < 4.78 is 4.78. The Morgan fingerprint density at radius 1 is 1.50 bits per heavy atom. The second-order valence-electron chi connectivity index (χ2n) is 2.49. The van der Waals surface area contributed by atoms with E-state index < -0.39 is 7.12 Å². The second-order valence-corrected chi connectivity index (χ2v) is 2.49. The van der Waals surface area contributed by atoms with E-state index in [1.807, 2.05) is 18.2 Å². The van der Waals surface area contributed by atoms with Crippen molar-refractivity contribution in [3.8, 4) is 0 Å². The average molecular weight is 165 g/mol. The molecule has 1 aromatic rings. The molecule has 0 saturated carbocycles. The summed E-state index contributed by atoms with van der Waals surface area (Å²) in [5.74, 6) is 0. The topological polar surface area (TPSA) is 55.5 Å². The standard InChI is InChI=1S/C8H12BNO2/c1-12-9(11)8-5-3-2-4-7(8)6-10/h2-5,11H,6,10H2,1H3. The van der Waals surface area contributed by atoms with E-state index in [4.69, 9.17) is 10.4 Å². The van der Waals surface area contributed by atoms with Gasteiger partial charge in [-0.15, -0.1) is 0 Å². The maximum absolute atomic E-state index is 9.36. The molecule has 0 aliphatic rings. The highest BCUT2D eigenvalue weighted by Crippen LogP contribution is 1.96. The Hall–Kier alpha value is -0.835. The summed E-state index contributed by atoms with van der Waals surface area (Å²) in [5, 5.41) is 9.36. The fraction of sp³-hybridized carbons (Fsp3) is 0.250. The molecule has 0 aliphatic heterocycles. The van der Waals surface area contributed by atoms with Gasteiger partial charge < -0.3 is 15.4 Å². The molecule has 4 heteroatoms. The molecule has 1 aromatic carbocycles. The Morgan fingerprint density at radius 2 is 2.17 bits per heavy atom. The third-order valence-corrected chi connectivity index (χ3v) is 1.76. The fourth-order valence-electron chi connectivity index (χ4n) is 1.09. The van der Waals surface area contributed by atoms with Gasteiger partial charge in [-0.05, 0) is 11.0 Å². The molecule has 12 heavy (non-hydrogen) atoms. The van der Waals surface area contributed by atoms with E-state index in [9.17, 15) is 5.02 Å². The highest BCUT2D eigenvalue weighted by Gasteiger charge is 2.16. The molecule has 0 aromatic heterocycles. The van der Waals surface area contributed by atoms with Gasteiger partial charge in [-0.3, -0.25) is 0 Å². The number of benzene rings is 1. The van der Waals surface area contributed by atoms with Crippen LogP contribution in [0.1, 0.15) is 5.56 Å². The largest absolute Gasteiger partial charge is 0.491 e. The third kappa shape index (κ3) is 1.85. The van der Waals surface area contributed by atoms with Crippen LogP contribution in [0.15, 0.2) is 24.3 Å². The molecular weight excluding hydrogens is 153 g/mol. The molecule has 0 spiro atoms. The first-order valence-corrected chi connectivity index (χ1v) is 3.78. The lowest BCUT2D eigenvalue weighted by molar-refractivity contribution is 0.341. The van der Waals surface area contributed by atoms with Crippen molar-refractivity contribution in [3.05, 3.63) is 29.8 Å². The van der Waals surface area contributed by atoms with E-state index in [1.54, 1.807) is 6.07 Å². The van der Waals surface area contributed by atoms with Gasteiger partial charge in [-0.2, -0.15) is 0 Å². The zero-order valence-corrected chi connectivity index (χ0v) is 7.03. The van der Waals surface area contributed by atoms with Gasteiger partial charge in [0.05, 0.1) is 0 Å². The molecule has 0 unspecified atom stereocenters. The lowest BCUT2D eigenvalue weighted by atomic mass is 9.76. The van der Waals surface area contributed by atoms with Gasteiger partial charge in [-0.1, -0.05) is 24.3 Å². The van der Waals surface area contributed by atoms with Crippen molar-refractivity contribution in [2.45, 2.75) is 6.54 Å². The van der Waals surface area contributed by atoms with Gasteiger partial charge in [-0.25, -0.2) is 0 Å². The van der Waals surface area contributed by atoms with Gasteiger partial charge in [0, 0.05) is 13.7 Å². The maximum atomic E-state index is 9.36. The van der Waals surface area contributed by atoms with Crippen LogP contribution in [0.4, 0.5) is 0 Å². The summed E-state index contributed by atoms with van der Waals surface area (Å²) in [7, 11) is 0.586. The molecule has 0 heterocycles. The monoisotopic (exact) mass is 165 g/mol. The van der Waals surface area contributed by atoms with Crippen LogP contribution in [0.5, 0.6) is 0 Å². The smallest absolute Gasteiger partial charge is 0.423 e. The molecule has 1 rings (SSSR count). The van der Waals surface area contributed by atoms with Crippen molar-refractivity contribution in [2.24, 2.45) is 5.73 Å². The zero-order valence-electron chi connectivity index (χ0n) is 7.03. The molecule has 3 nitrogen and oxygen atoms in total. The summed E-state index contributed by atoms with van der Waals surface area (Å²) in [4.78, 5) is 0. The highest BCUT2D eigenvalue weighted by atomic mass is 16.5. The summed E-state index contributed by atoms with van der Waals surface area (Å²) in [6.07, 6.45) is 0. The SMILES string of the molecule is COB(O)c1ccccc1CN. The van der Waals surface area contributed by atoms with E-state index in [0.29, 0.717) is 6.54 Å². The Bertz CT molecular complexity index is 255. The van der Waals surface area contributed by atoms with Crippen LogP contribution in [0.2, 0.25) is 0 Å². The number of rotatable bonds is 3. The van der Waals surface area contributed by atoms with Gasteiger partial charge in [0.2, 0.25) is 0 Å². The summed E-state index contributed by atoms with van der Waals surface area (Å²) in [5.41, 5.74) is 7.12. The number of nitrogens with two attached hydrogens (primary N) is 1. The molecule has 0 aliphatic carbocycles. The maximum Gasteiger partial charge on any atom is 0.491 e. The summed E-state index contributed by atoms with van der Waals surface area (Å²) >= 11 is 0. The molecule has 0 atom stereocenters. The minimum atomic E-state index is -0.871. The van der Waals surface area contributed by atoms with Gasteiger partial charge >= 0.3 is 7.12 Å². The van der Waals surface area contributed by atoms with Crippen LogP contribution >= 0.6 is 0 Å². The first-order chi connectivity index (χ1) is 5.79. The zero-order chi connectivity index (χ0) is 8.97. The van der Waals surface area contributed by atoms with E-state index >= 15 is 0 Å². The Kier molecular flexibility index (Phi) is 3.28. The molecule has 0 amide bonds. The van der Waals surface area contributed by atoms with Crippen molar-refractivity contribution in [3.63, 3.8) is 0 Å². The van der Waals surface area contributed by atoms with Crippen molar-refractivity contribution in [1.29, 1.82) is 0 Å². The van der Waals surface area contributed by atoms with Gasteiger partial charge in [0.1, 0.15) is 0 Å². The molecule has 0 radical (unpaired) electrons. The van der Waals surface area contributed by atoms with E-state index in [-0.39, 0.29) is 0 Å². The Morgan fingerprint density at radius 3 is 2.75 bits per heavy atom. The minimum Gasteiger partial charge on any atom is -0.423 e. The van der Waals surface area contributed by atoms with Gasteiger partial charge in [0.15, 0.2) is 0 Å². The van der Waals surface area contributed by atoms with Crippen LogP contribution in [0.3, 0.4) is 0 Å². The lowest BCUT2D eigenvalue weighted by Gasteiger charge is -2.08. The predicted molar refractivity (Wildman–Crippen MR) is 48.9 cm³/mol. The predicted octanol–water partition coefficient (Wildman–Crippen LogP) is -0.521. The Labute approximate surface area is 72.3 Å². The van der Waals surface area contributed by atoms with Crippen molar-refractivity contribution in [1.82, 2.24) is 0 Å². The average Bonchev–Trinajstić information content (AvgIpc) is 2.16. The number of hydrogen-bond donors (Lipinski definition) is 2.